The number of hydrogen-bond donors (Lipinski definition) is 0. The van der Waals surface area contributed by atoms with Crippen LogP contribution in [0.4, 0.5) is 0 Å². The summed E-state index contributed by atoms with van der Waals surface area (Å²) in [6.07, 6.45) is 0. The molecule has 0 unspecified atom stereocenters. The van der Waals surface area contributed by atoms with Gasteiger partial charge in [0.2, 0.25) is 5.79 Å². The van der Waals surface area contributed by atoms with Gasteiger partial charge in [0.15, 0.2) is 5.78 Å². The van der Waals surface area contributed by atoms with Crippen molar-refractivity contribution in [2.45, 2.75) is 47.3 Å². The van der Waals surface area contributed by atoms with Gasteiger partial charge in [-0.3, -0.25) is 4.79 Å². The Labute approximate surface area is 105 Å². The van der Waals surface area contributed by atoms with Crippen molar-refractivity contribution >= 4 is 5.78 Å². The van der Waals surface area contributed by atoms with Gasteiger partial charge in [-0.25, -0.2) is 0 Å². The van der Waals surface area contributed by atoms with Gasteiger partial charge in [0.25, 0.3) is 0 Å². The van der Waals surface area contributed by atoms with Gasteiger partial charge in [0.1, 0.15) is 0 Å². The number of carbonyl (C=O) groups is 1. The molecular weight excluding hydrogens is 216 g/mol. The predicted octanol–water partition coefficient (Wildman–Crippen LogP) is 2.88. The fraction of sp³-hybridized carbons (Fsp3) is 0.929. The number of Topliss-reactive ketones (excluding diaryl/α,β-unsaturated/α-hetero) is 1. The molecule has 1 aliphatic carbocycles. The van der Waals surface area contributed by atoms with Crippen molar-refractivity contribution in [1.82, 2.24) is 0 Å². The first-order valence-electron chi connectivity index (χ1n) is 6.17. The molecule has 1 rings (SSSR count). The highest BCUT2D eigenvalue weighted by molar-refractivity contribution is 5.96. The van der Waals surface area contributed by atoms with Gasteiger partial charge in [0, 0.05) is 26.1 Å². The van der Waals surface area contributed by atoms with Crippen molar-refractivity contribution in [3.63, 3.8) is 0 Å². The Hall–Kier alpha value is -0.410. The second-order valence-corrected chi connectivity index (χ2v) is 7.13. The van der Waals surface area contributed by atoms with Crippen LogP contribution < -0.4 is 0 Å². The van der Waals surface area contributed by atoms with Crippen molar-refractivity contribution in [3.8, 4) is 0 Å². The topological polar surface area (TPSA) is 35.5 Å². The minimum absolute atomic E-state index is 0.0117. The molecule has 17 heavy (non-hydrogen) atoms. The Kier molecular flexibility index (Phi) is 3.50. The Morgan fingerprint density at radius 1 is 0.941 bits per heavy atom. The molecule has 0 radical (unpaired) electrons. The van der Waals surface area contributed by atoms with E-state index in [1.54, 1.807) is 14.2 Å². The van der Waals surface area contributed by atoms with E-state index in [9.17, 15) is 4.79 Å². The molecule has 100 valence electrons. The molecule has 0 N–H and O–H groups in total. The normalized spacial score (nSPS) is 29.1. The third kappa shape index (κ3) is 2.04. The Morgan fingerprint density at radius 2 is 1.35 bits per heavy atom. The van der Waals surface area contributed by atoms with Crippen LogP contribution in [0.2, 0.25) is 0 Å². The number of rotatable bonds is 2. The highest BCUT2D eigenvalue weighted by Crippen LogP contribution is 2.58. The summed E-state index contributed by atoms with van der Waals surface area (Å²) >= 11 is 0. The lowest BCUT2D eigenvalue weighted by Crippen LogP contribution is -2.71. The lowest BCUT2D eigenvalue weighted by molar-refractivity contribution is -0.300. The molecule has 1 fully saturated rings. The van der Waals surface area contributed by atoms with Crippen LogP contribution in [0.3, 0.4) is 0 Å². The summed E-state index contributed by atoms with van der Waals surface area (Å²) in [4.78, 5) is 12.4. The third-order valence-electron chi connectivity index (χ3n) is 3.84. The van der Waals surface area contributed by atoms with E-state index < -0.39 is 5.79 Å². The monoisotopic (exact) mass is 242 g/mol. The minimum Gasteiger partial charge on any atom is -0.347 e. The molecule has 0 heterocycles. The molecule has 1 saturated carbocycles. The molecular formula is C14H26O3. The third-order valence-corrected chi connectivity index (χ3v) is 3.84. The molecule has 0 aromatic heterocycles. The van der Waals surface area contributed by atoms with Crippen LogP contribution in [0.5, 0.6) is 0 Å². The maximum Gasteiger partial charge on any atom is 0.232 e. The summed E-state index contributed by atoms with van der Waals surface area (Å²) in [6.45, 7) is 12.7. The summed E-state index contributed by atoms with van der Waals surface area (Å²) in [5.74, 6) is -0.897. The SMILES string of the molecule is COC1(OC)C(=O)[C@H](C(C)(C)C)[C@H]1C(C)(C)C. The molecule has 0 aliphatic heterocycles. The van der Waals surface area contributed by atoms with Gasteiger partial charge in [-0.15, -0.1) is 0 Å². The maximum absolute atomic E-state index is 12.4. The van der Waals surface area contributed by atoms with E-state index in [4.69, 9.17) is 9.47 Å². The van der Waals surface area contributed by atoms with Gasteiger partial charge >= 0.3 is 0 Å². The number of ketones is 1. The van der Waals surface area contributed by atoms with Crippen LogP contribution in [0.15, 0.2) is 0 Å². The van der Waals surface area contributed by atoms with Gasteiger partial charge in [-0.1, -0.05) is 41.5 Å². The summed E-state index contributed by atoms with van der Waals surface area (Å²) in [7, 11) is 3.11. The predicted molar refractivity (Wildman–Crippen MR) is 67.6 cm³/mol. The highest BCUT2D eigenvalue weighted by Gasteiger charge is 2.69. The van der Waals surface area contributed by atoms with Crippen molar-refractivity contribution in [1.29, 1.82) is 0 Å². The number of hydrogen-bond acceptors (Lipinski definition) is 3. The molecule has 0 amide bonds. The van der Waals surface area contributed by atoms with Crippen molar-refractivity contribution < 1.29 is 14.3 Å². The highest BCUT2D eigenvalue weighted by atomic mass is 16.7. The van der Waals surface area contributed by atoms with Crippen molar-refractivity contribution in [2.75, 3.05) is 14.2 Å². The van der Waals surface area contributed by atoms with E-state index in [0.29, 0.717) is 0 Å². The van der Waals surface area contributed by atoms with E-state index in [2.05, 4.69) is 41.5 Å². The van der Waals surface area contributed by atoms with E-state index in [0.717, 1.165) is 0 Å². The number of carbonyl (C=O) groups excluding carboxylic acids is 1. The Bertz CT molecular complexity index is 302. The molecule has 3 nitrogen and oxygen atoms in total. The first-order valence-corrected chi connectivity index (χ1v) is 6.17. The van der Waals surface area contributed by atoms with Crippen LogP contribution in [0.1, 0.15) is 41.5 Å². The zero-order valence-corrected chi connectivity index (χ0v) is 12.4. The van der Waals surface area contributed by atoms with Gasteiger partial charge in [0.05, 0.1) is 0 Å². The summed E-state index contributed by atoms with van der Waals surface area (Å²) in [5.41, 5.74) is -0.0898. The van der Waals surface area contributed by atoms with E-state index in [-0.39, 0.29) is 28.4 Å². The van der Waals surface area contributed by atoms with Crippen LogP contribution >= 0.6 is 0 Å². The minimum atomic E-state index is -1.05. The fourth-order valence-electron chi connectivity index (χ4n) is 3.15. The summed E-state index contributed by atoms with van der Waals surface area (Å²) < 4.78 is 10.9. The summed E-state index contributed by atoms with van der Waals surface area (Å²) in [6, 6.07) is 0. The standard InChI is InChI=1S/C14H26O3/c1-12(2,3)9-10(13(4,5)6)14(16-7,17-8)11(9)15/h9-10H,1-8H3/t9-,10+/m1/s1. The molecule has 0 spiro atoms. The second-order valence-electron chi connectivity index (χ2n) is 7.13. The zero-order valence-electron chi connectivity index (χ0n) is 12.4. The van der Waals surface area contributed by atoms with Gasteiger partial charge in [-0.05, 0) is 10.8 Å². The Balaban J connectivity index is 3.19. The second kappa shape index (κ2) is 4.06. The molecule has 0 aromatic rings. The van der Waals surface area contributed by atoms with Gasteiger partial charge in [-0.2, -0.15) is 0 Å². The lowest BCUT2D eigenvalue weighted by atomic mass is 9.50. The number of methoxy groups -OCH3 is 2. The molecule has 2 atom stereocenters. The largest absolute Gasteiger partial charge is 0.347 e. The van der Waals surface area contributed by atoms with E-state index >= 15 is 0 Å². The average molecular weight is 242 g/mol. The molecule has 0 saturated heterocycles. The number of ether oxygens (including phenoxy) is 2. The molecule has 3 heteroatoms. The van der Waals surface area contributed by atoms with Crippen LogP contribution in [0.25, 0.3) is 0 Å². The van der Waals surface area contributed by atoms with E-state index in [1.807, 2.05) is 0 Å². The fourth-order valence-corrected chi connectivity index (χ4v) is 3.15. The first-order chi connectivity index (χ1) is 7.52. The van der Waals surface area contributed by atoms with Crippen LogP contribution in [-0.4, -0.2) is 25.8 Å². The van der Waals surface area contributed by atoms with Gasteiger partial charge < -0.3 is 9.47 Å². The van der Waals surface area contributed by atoms with E-state index in [1.165, 1.54) is 0 Å². The lowest BCUT2D eigenvalue weighted by Gasteiger charge is -2.59. The quantitative estimate of drug-likeness (QED) is 0.698. The Morgan fingerprint density at radius 3 is 1.59 bits per heavy atom. The van der Waals surface area contributed by atoms with Crippen LogP contribution in [0, 0.1) is 22.7 Å². The smallest absolute Gasteiger partial charge is 0.232 e. The first kappa shape index (κ1) is 14.7. The molecule has 1 aliphatic rings. The molecule has 0 aromatic carbocycles. The maximum atomic E-state index is 12.4. The van der Waals surface area contributed by atoms with Crippen molar-refractivity contribution in [3.05, 3.63) is 0 Å². The molecule has 0 bridgehead atoms. The summed E-state index contributed by atoms with van der Waals surface area (Å²) in [5, 5.41) is 0. The zero-order chi connectivity index (χ0) is 13.6. The average Bonchev–Trinajstić information content (AvgIpc) is 2.12. The van der Waals surface area contributed by atoms with Crippen molar-refractivity contribution in [2.24, 2.45) is 22.7 Å². The van der Waals surface area contributed by atoms with Crippen LogP contribution in [-0.2, 0) is 14.3 Å².